The third-order valence-electron chi connectivity index (χ3n) is 4.39. The van der Waals surface area contributed by atoms with Gasteiger partial charge in [-0.25, -0.2) is 14.6 Å². The average molecular weight is 335 g/mol. The van der Waals surface area contributed by atoms with E-state index in [-0.39, 0.29) is 0 Å². The van der Waals surface area contributed by atoms with Gasteiger partial charge in [0, 0.05) is 50.3 Å². The number of hydrogen-bond acceptors (Lipinski definition) is 6. The van der Waals surface area contributed by atoms with E-state index in [4.69, 9.17) is 4.98 Å². The first-order chi connectivity index (χ1) is 12.2. The zero-order valence-corrected chi connectivity index (χ0v) is 14.5. The van der Waals surface area contributed by atoms with Crippen molar-refractivity contribution < 1.29 is 0 Å². The van der Waals surface area contributed by atoms with E-state index in [1.54, 1.807) is 6.20 Å². The molecule has 0 unspecified atom stereocenters. The van der Waals surface area contributed by atoms with Gasteiger partial charge in [0.2, 0.25) is 5.95 Å². The third-order valence-corrected chi connectivity index (χ3v) is 4.39. The zero-order chi connectivity index (χ0) is 17.2. The Labute approximate surface area is 147 Å². The Morgan fingerprint density at radius 2 is 1.64 bits per heavy atom. The van der Waals surface area contributed by atoms with E-state index in [0.29, 0.717) is 0 Å². The van der Waals surface area contributed by atoms with E-state index in [0.717, 1.165) is 55.2 Å². The van der Waals surface area contributed by atoms with Gasteiger partial charge in [0.25, 0.3) is 0 Å². The van der Waals surface area contributed by atoms with Crippen LogP contribution in [0.4, 0.5) is 11.8 Å². The highest BCUT2D eigenvalue weighted by Crippen LogP contribution is 2.17. The van der Waals surface area contributed by atoms with E-state index < -0.39 is 0 Å². The number of piperazine rings is 1. The Bertz CT molecular complexity index is 851. The second-order valence-corrected chi connectivity index (χ2v) is 6.22. The smallest absolute Gasteiger partial charge is 0.227 e. The summed E-state index contributed by atoms with van der Waals surface area (Å²) < 4.78 is 1.87. The summed E-state index contributed by atoms with van der Waals surface area (Å²) in [5.41, 5.74) is 2.06. The summed E-state index contributed by atoms with van der Waals surface area (Å²) in [6.07, 6.45) is 3.64. The summed E-state index contributed by atoms with van der Waals surface area (Å²) in [4.78, 5) is 18.1. The standard InChI is InChI=1S/C18H21N7/c1-14-13-15(2)25(22-14)17-6-8-20-18(21-17)24-11-9-23(10-12-24)16-5-3-4-7-19-16/h3-8,13H,9-12H2,1-2H3. The maximum absolute atomic E-state index is 4.72. The van der Waals surface area contributed by atoms with Gasteiger partial charge in [0.1, 0.15) is 5.82 Å². The van der Waals surface area contributed by atoms with Crippen molar-refractivity contribution in [3.8, 4) is 5.82 Å². The summed E-state index contributed by atoms with van der Waals surface area (Å²) in [5.74, 6) is 2.59. The largest absolute Gasteiger partial charge is 0.353 e. The Hall–Kier alpha value is -2.96. The van der Waals surface area contributed by atoms with Gasteiger partial charge in [-0.3, -0.25) is 0 Å². The van der Waals surface area contributed by atoms with Crippen LogP contribution in [0.25, 0.3) is 5.82 Å². The second-order valence-electron chi connectivity index (χ2n) is 6.22. The SMILES string of the molecule is Cc1cc(C)n(-c2ccnc(N3CCN(c4ccccn4)CC3)n2)n1. The van der Waals surface area contributed by atoms with Crippen LogP contribution in [0.2, 0.25) is 0 Å². The molecule has 0 bridgehead atoms. The van der Waals surface area contributed by atoms with Gasteiger partial charge in [-0.05, 0) is 32.0 Å². The Balaban J connectivity index is 1.50. The number of anilines is 2. The number of hydrogen-bond donors (Lipinski definition) is 0. The average Bonchev–Trinajstić information content (AvgIpc) is 3.01. The maximum atomic E-state index is 4.72. The lowest BCUT2D eigenvalue weighted by molar-refractivity contribution is 0.632. The molecule has 1 aliphatic rings. The van der Waals surface area contributed by atoms with Crippen molar-refractivity contribution in [2.75, 3.05) is 36.0 Å². The van der Waals surface area contributed by atoms with Crippen molar-refractivity contribution in [2.45, 2.75) is 13.8 Å². The number of rotatable bonds is 3. The van der Waals surface area contributed by atoms with Gasteiger partial charge in [-0.15, -0.1) is 0 Å². The number of nitrogens with zero attached hydrogens (tertiary/aromatic N) is 7. The van der Waals surface area contributed by atoms with Crippen LogP contribution in [-0.4, -0.2) is 50.9 Å². The van der Waals surface area contributed by atoms with Gasteiger partial charge in [-0.1, -0.05) is 6.07 Å². The number of aromatic nitrogens is 5. The van der Waals surface area contributed by atoms with Crippen molar-refractivity contribution in [2.24, 2.45) is 0 Å². The molecule has 0 aromatic carbocycles. The van der Waals surface area contributed by atoms with Crippen molar-refractivity contribution in [1.29, 1.82) is 0 Å². The molecule has 128 valence electrons. The summed E-state index contributed by atoms with van der Waals surface area (Å²) in [7, 11) is 0. The fraction of sp³-hybridized carbons (Fsp3) is 0.333. The molecular weight excluding hydrogens is 314 g/mol. The lowest BCUT2D eigenvalue weighted by Gasteiger charge is -2.35. The minimum absolute atomic E-state index is 0.755. The van der Waals surface area contributed by atoms with Crippen LogP contribution < -0.4 is 9.80 Å². The predicted molar refractivity (Wildman–Crippen MR) is 97.3 cm³/mol. The van der Waals surface area contributed by atoms with Gasteiger partial charge in [0.05, 0.1) is 5.69 Å². The van der Waals surface area contributed by atoms with Gasteiger partial charge in [-0.2, -0.15) is 10.1 Å². The lowest BCUT2D eigenvalue weighted by atomic mass is 10.3. The highest BCUT2D eigenvalue weighted by Gasteiger charge is 2.20. The molecule has 4 rings (SSSR count). The fourth-order valence-electron chi connectivity index (χ4n) is 3.15. The molecular formula is C18H21N7. The van der Waals surface area contributed by atoms with Crippen molar-refractivity contribution >= 4 is 11.8 Å². The van der Waals surface area contributed by atoms with Gasteiger partial charge >= 0.3 is 0 Å². The first kappa shape index (κ1) is 15.6. The van der Waals surface area contributed by atoms with Crippen LogP contribution >= 0.6 is 0 Å². The Kier molecular flexibility index (Phi) is 4.05. The molecule has 1 fully saturated rings. The molecule has 4 heterocycles. The molecule has 7 nitrogen and oxygen atoms in total. The van der Waals surface area contributed by atoms with Crippen molar-refractivity contribution in [3.05, 3.63) is 54.1 Å². The van der Waals surface area contributed by atoms with E-state index >= 15 is 0 Å². The molecule has 0 amide bonds. The van der Waals surface area contributed by atoms with Gasteiger partial charge in [0.15, 0.2) is 5.82 Å². The van der Waals surface area contributed by atoms with E-state index in [9.17, 15) is 0 Å². The molecule has 1 aliphatic heterocycles. The minimum Gasteiger partial charge on any atom is -0.353 e. The van der Waals surface area contributed by atoms with E-state index in [1.807, 2.05) is 49.0 Å². The molecule has 0 spiro atoms. The van der Waals surface area contributed by atoms with E-state index in [1.165, 1.54) is 0 Å². The molecule has 0 saturated carbocycles. The molecule has 25 heavy (non-hydrogen) atoms. The second kappa shape index (κ2) is 6.51. The number of aryl methyl sites for hydroxylation is 2. The Morgan fingerprint density at radius 1 is 0.840 bits per heavy atom. The molecule has 3 aromatic heterocycles. The fourth-order valence-corrected chi connectivity index (χ4v) is 3.15. The molecule has 7 heteroatoms. The molecule has 3 aromatic rings. The quantitative estimate of drug-likeness (QED) is 0.729. The van der Waals surface area contributed by atoms with Gasteiger partial charge < -0.3 is 9.80 Å². The van der Waals surface area contributed by atoms with Crippen LogP contribution in [-0.2, 0) is 0 Å². The van der Waals surface area contributed by atoms with Crippen molar-refractivity contribution in [3.63, 3.8) is 0 Å². The summed E-state index contributed by atoms with van der Waals surface area (Å²) in [6, 6.07) is 9.96. The van der Waals surface area contributed by atoms with Crippen LogP contribution in [0, 0.1) is 13.8 Å². The molecule has 0 N–H and O–H groups in total. The normalized spacial score (nSPS) is 14.8. The summed E-state index contributed by atoms with van der Waals surface area (Å²) in [5, 5.41) is 4.51. The first-order valence-corrected chi connectivity index (χ1v) is 8.48. The van der Waals surface area contributed by atoms with E-state index in [2.05, 4.69) is 30.9 Å². The van der Waals surface area contributed by atoms with Crippen molar-refractivity contribution in [1.82, 2.24) is 24.7 Å². The first-order valence-electron chi connectivity index (χ1n) is 8.48. The third kappa shape index (κ3) is 3.17. The molecule has 0 atom stereocenters. The number of pyridine rings is 1. The molecule has 0 radical (unpaired) electrons. The van der Waals surface area contributed by atoms with Crippen LogP contribution in [0.3, 0.4) is 0 Å². The Morgan fingerprint density at radius 3 is 2.32 bits per heavy atom. The van der Waals surface area contributed by atoms with Crippen LogP contribution in [0.5, 0.6) is 0 Å². The monoisotopic (exact) mass is 335 g/mol. The highest BCUT2D eigenvalue weighted by atomic mass is 15.4. The lowest BCUT2D eigenvalue weighted by Crippen LogP contribution is -2.47. The minimum atomic E-state index is 0.755. The topological polar surface area (TPSA) is 63.0 Å². The van der Waals surface area contributed by atoms with Crippen LogP contribution in [0.15, 0.2) is 42.7 Å². The molecule has 1 saturated heterocycles. The maximum Gasteiger partial charge on any atom is 0.227 e. The molecule has 0 aliphatic carbocycles. The summed E-state index contributed by atoms with van der Waals surface area (Å²) in [6.45, 7) is 7.58. The highest BCUT2D eigenvalue weighted by molar-refractivity contribution is 5.43. The zero-order valence-electron chi connectivity index (χ0n) is 14.5. The van der Waals surface area contributed by atoms with Crippen LogP contribution in [0.1, 0.15) is 11.4 Å². The predicted octanol–water partition coefficient (Wildman–Crippen LogP) is 2.00. The summed E-state index contributed by atoms with van der Waals surface area (Å²) >= 11 is 0.